The number of benzene rings is 1. The van der Waals surface area contributed by atoms with E-state index in [0.717, 1.165) is 0 Å². The van der Waals surface area contributed by atoms with Gasteiger partial charge in [-0.3, -0.25) is 4.79 Å². The normalized spacial score (nSPS) is 10.9. The third kappa shape index (κ3) is 5.52. The molecule has 1 heterocycles. The van der Waals surface area contributed by atoms with E-state index in [1.54, 1.807) is 19.9 Å². The average Bonchev–Trinajstić information content (AvgIpc) is 3.22. The first-order valence-corrected chi connectivity index (χ1v) is 8.78. The minimum Gasteiger partial charge on any atom is -0.503 e. The zero-order valence-corrected chi connectivity index (χ0v) is 16.0. The molecule has 152 valence electrons. The maximum atomic E-state index is 12.4. The Balaban J connectivity index is 2.22. The Kier molecular flexibility index (Phi) is 7.26. The van der Waals surface area contributed by atoms with Crippen LogP contribution < -0.4 is 10.5 Å². The number of rotatable bonds is 7. The third-order valence-corrected chi connectivity index (χ3v) is 3.97. The summed E-state index contributed by atoms with van der Waals surface area (Å²) < 4.78 is 14.8. The number of phenolic OH excluding ortho intramolecular Hbond substituents is 1. The highest BCUT2D eigenvalue weighted by atomic mass is 16.7. The molecule has 1 amide bonds. The van der Waals surface area contributed by atoms with Gasteiger partial charge in [0.25, 0.3) is 5.91 Å². The van der Waals surface area contributed by atoms with Crippen molar-refractivity contribution in [1.82, 2.24) is 4.90 Å². The van der Waals surface area contributed by atoms with E-state index in [9.17, 15) is 20.0 Å². The molecule has 0 spiro atoms. The number of ether oxygens (including phenoxy) is 2. The summed E-state index contributed by atoms with van der Waals surface area (Å²) in [6.45, 7) is 4.42. The van der Waals surface area contributed by atoms with Crippen molar-refractivity contribution < 1.29 is 28.6 Å². The van der Waals surface area contributed by atoms with Crippen molar-refractivity contribution in [2.75, 3.05) is 18.8 Å². The molecule has 1 aromatic carbocycles. The van der Waals surface area contributed by atoms with E-state index < -0.39 is 17.8 Å². The highest BCUT2D eigenvalue weighted by Gasteiger charge is 2.18. The number of hydrogen-bond donors (Lipinski definition) is 2. The molecule has 0 bridgehead atoms. The van der Waals surface area contributed by atoms with Crippen molar-refractivity contribution in [2.45, 2.75) is 20.5 Å². The van der Waals surface area contributed by atoms with E-state index >= 15 is 0 Å². The van der Waals surface area contributed by atoms with E-state index in [-0.39, 0.29) is 23.6 Å². The maximum absolute atomic E-state index is 12.4. The topological polar surface area (TPSA) is 139 Å². The number of furan rings is 1. The van der Waals surface area contributed by atoms with Gasteiger partial charge in [0.2, 0.25) is 0 Å². The quantitative estimate of drug-likeness (QED) is 0.181. The lowest BCUT2D eigenvalue weighted by atomic mass is 10.1. The second-order valence-corrected chi connectivity index (χ2v) is 5.88. The monoisotopic (exact) mass is 399 g/mol. The van der Waals surface area contributed by atoms with Crippen LogP contribution in [-0.4, -0.2) is 35.2 Å². The molecule has 1 aromatic heterocycles. The van der Waals surface area contributed by atoms with E-state index in [2.05, 4.69) is 0 Å². The third-order valence-electron chi connectivity index (χ3n) is 3.97. The van der Waals surface area contributed by atoms with Crippen molar-refractivity contribution in [3.05, 3.63) is 47.4 Å². The lowest BCUT2D eigenvalue weighted by molar-refractivity contribution is -0.126. The molecular formula is C20H21N3O6. The number of nitriles is 1. The number of phenols is 1. The maximum Gasteiger partial charge on any atom is 0.514 e. The zero-order chi connectivity index (χ0) is 21.4. The summed E-state index contributed by atoms with van der Waals surface area (Å²) in [6, 6.07) is 6.10. The second kappa shape index (κ2) is 9.85. The molecule has 0 radical (unpaired) electrons. The predicted octanol–water partition coefficient (Wildman–Crippen LogP) is 3.06. The lowest BCUT2D eigenvalue weighted by Gasteiger charge is -2.17. The number of nitrogens with zero attached hydrogens (tertiary/aromatic N) is 2. The molecule has 2 aromatic rings. The highest BCUT2D eigenvalue weighted by Crippen LogP contribution is 2.34. The lowest BCUT2D eigenvalue weighted by Crippen LogP contribution is -2.31. The Bertz CT molecular complexity index is 940. The van der Waals surface area contributed by atoms with Crippen LogP contribution in [0.3, 0.4) is 0 Å². The summed E-state index contributed by atoms with van der Waals surface area (Å²) in [6.07, 6.45) is 3.07. The Morgan fingerprint density at radius 2 is 2.07 bits per heavy atom. The minimum absolute atomic E-state index is 0.0812. The fraction of sp³-hybridized carbons (Fsp3) is 0.250. The van der Waals surface area contributed by atoms with Gasteiger partial charge >= 0.3 is 6.16 Å². The van der Waals surface area contributed by atoms with Gasteiger partial charge in [0, 0.05) is 18.7 Å². The molecule has 3 N–H and O–H groups in total. The van der Waals surface area contributed by atoms with Gasteiger partial charge in [-0.25, -0.2) is 4.79 Å². The number of hydrogen-bond acceptors (Lipinski definition) is 8. The van der Waals surface area contributed by atoms with Crippen molar-refractivity contribution in [1.29, 1.82) is 5.26 Å². The molecule has 0 aliphatic heterocycles. The summed E-state index contributed by atoms with van der Waals surface area (Å²) >= 11 is 0. The molecule has 29 heavy (non-hydrogen) atoms. The Labute approximate surface area is 167 Å². The van der Waals surface area contributed by atoms with Gasteiger partial charge in [-0.15, -0.1) is 0 Å². The van der Waals surface area contributed by atoms with Crippen LogP contribution in [0.5, 0.6) is 11.5 Å². The molecule has 0 saturated carbocycles. The summed E-state index contributed by atoms with van der Waals surface area (Å²) in [7, 11) is 0. The molecule has 0 atom stereocenters. The second-order valence-electron chi connectivity index (χ2n) is 5.88. The molecule has 9 nitrogen and oxygen atoms in total. The predicted molar refractivity (Wildman–Crippen MR) is 104 cm³/mol. The molecule has 9 heteroatoms. The van der Waals surface area contributed by atoms with Crippen molar-refractivity contribution in [2.24, 2.45) is 0 Å². The number of nitrogen functional groups attached to an aromatic ring is 1. The van der Waals surface area contributed by atoms with Crippen molar-refractivity contribution >= 4 is 23.8 Å². The van der Waals surface area contributed by atoms with Gasteiger partial charge < -0.3 is 29.6 Å². The van der Waals surface area contributed by atoms with Crippen molar-refractivity contribution in [3.63, 3.8) is 0 Å². The van der Waals surface area contributed by atoms with E-state index in [1.165, 1.54) is 35.6 Å². The van der Waals surface area contributed by atoms with Crippen LogP contribution in [0, 0.1) is 11.3 Å². The molecule has 0 unspecified atom stereocenters. The fourth-order valence-corrected chi connectivity index (χ4v) is 2.44. The summed E-state index contributed by atoms with van der Waals surface area (Å²) in [5.41, 5.74) is 6.46. The number of aromatic hydroxyl groups is 1. The Morgan fingerprint density at radius 3 is 2.66 bits per heavy atom. The van der Waals surface area contributed by atoms with Gasteiger partial charge in [-0.05, 0) is 43.7 Å². The molecule has 0 aliphatic carbocycles. The Morgan fingerprint density at radius 1 is 1.34 bits per heavy atom. The number of amides is 1. The highest BCUT2D eigenvalue weighted by molar-refractivity contribution is 6.01. The standard InChI is InChI=1S/C20H21N3O6/c1-3-23(4-2)19(25)15(10-21)7-14-8-16(22)18(24)17(9-14)29-20(26)28-12-13-5-6-27-11-13/h5-9,11,24H,3-4,12,22H2,1-2H3/b15-7+. The van der Waals surface area contributed by atoms with Gasteiger partial charge in [0.15, 0.2) is 11.5 Å². The molecule has 0 aliphatic rings. The summed E-state index contributed by atoms with van der Waals surface area (Å²) in [4.78, 5) is 25.8. The molecule has 2 rings (SSSR count). The van der Waals surface area contributed by atoms with Crippen LogP contribution in [0.4, 0.5) is 10.5 Å². The van der Waals surface area contributed by atoms with Gasteiger partial charge in [-0.2, -0.15) is 5.26 Å². The largest absolute Gasteiger partial charge is 0.514 e. The van der Waals surface area contributed by atoms with Crippen LogP contribution in [0.15, 0.2) is 40.7 Å². The smallest absolute Gasteiger partial charge is 0.503 e. The van der Waals surface area contributed by atoms with E-state index in [0.29, 0.717) is 24.2 Å². The van der Waals surface area contributed by atoms with Crippen LogP contribution in [0.2, 0.25) is 0 Å². The molecular weight excluding hydrogens is 378 g/mol. The average molecular weight is 399 g/mol. The van der Waals surface area contributed by atoms with Crippen LogP contribution in [0.1, 0.15) is 25.0 Å². The van der Waals surface area contributed by atoms with E-state index in [1.807, 2.05) is 6.07 Å². The molecule has 0 fully saturated rings. The number of likely N-dealkylation sites (N-methyl/N-ethyl adjacent to an activating group) is 1. The first-order valence-electron chi connectivity index (χ1n) is 8.78. The Hall–Kier alpha value is -3.93. The van der Waals surface area contributed by atoms with Crippen molar-refractivity contribution in [3.8, 4) is 17.6 Å². The summed E-state index contributed by atoms with van der Waals surface area (Å²) in [5, 5.41) is 19.4. The number of nitrogens with two attached hydrogens (primary N) is 1. The van der Waals surface area contributed by atoms with E-state index in [4.69, 9.17) is 19.6 Å². The number of carbonyl (C=O) groups is 2. The van der Waals surface area contributed by atoms with Gasteiger partial charge in [0.1, 0.15) is 18.2 Å². The molecule has 0 saturated heterocycles. The summed E-state index contributed by atoms with van der Waals surface area (Å²) in [5.74, 6) is -1.16. The van der Waals surface area contributed by atoms with Crippen LogP contribution in [0.25, 0.3) is 6.08 Å². The van der Waals surface area contributed by atoms with Gasteiger partial charge in [-0.1, -0.05) is 0 Å². The first kappa shape index (κ1) is 21.4. The first-order chi connectivity index (χ1) is 13.9. The van der Waals surface area contributed by atoms with Crippen LogP contribution in [-0.2, 0) is 16.1 Å². The zero-order valence-electron chi connectivity index (χ0n) is 16.0. The fourth-order valence-electron chi connectivity index (χ4n) is 2.44. The SMILES string of the molecule is CCN(CC)C(=O)/C(C#N)=C/c1cc(N)c(O)c(OC(=O)OCc2ccoc2)c1. The van der Waals surface area contributed by atoms with Gasteiger partial charge in [0.05, 0.1) is 18.2 Å². The number of carbonyl (C=O) groups excluding carboxylic acids is 2. The number of anilines is 1. The minimum atomic E-state index is -1.07. The van der Waals surface area contributed by atoms with Crippen LogP contribution >= 0.6 is 0 Å².